The van der Waals surface area contributed by atoms with Crippen LogP contribution in [-0.4, -0.2) is 55.7 Å². The van der Waals surface area contributed by atoms with E-state index in [-0.39, 0.29) is 5.41 Å². The van der Waals surface area contributed by atoms with E-state index >= 15 is 0 Å². The van der Waals surface area contributed by atoms with E-state index in [0.29, 0.717) is 16.9 Å². The summed E-state index contributed by atoms with van der Waals surface area (Å²) in [5, 5.41) is 20.5. The third kappa shape index (κ3) is 4.50. The summed E-state index contributed by atoms with van der Waals surface area (Å²) < 4.78 is 9.16. The average Bonchev–Trinajstić information content (AvgIpc) is 3.52. The molecule has 0 radical (unpaired) electrons. The molecule has 1 aliphatic heterocycles. The van der Waals surface area contributed by atoms with Crippen LogP contribution in [0.4, 0.5) is 5.82 Å². The van der Waals surface area contributed by atoms with E-state index in [0.717, 1.165) is 65.0 Å². The van der Waals surface area contributed by atoms with Gasteiger partial charge in [0.25, 0.3) is 0 Å². The number of anilines is 1. The van der Waals surface area contributed by atoms with Crippen molar-refractivity contribution in [2.75, 3.05) is 25.1 Å². The smallest absolute Gasteiger partial charge is 0.337 e. The van der Waals surface area contributed by atoms with Crippen LogP contribution < -0.4 is 4.90 Å². The number of aromatic nitrogens is 5. The molecule has 4 heterocycles. The van der Waals surface area contributed by atoms with Gasteiger partial charge in [0.2, 0.25) is 0 Å². The number of aliphatic carboxylic acids is 1. The van der Waals surface area contributed by atoms with E-state index in [1.54, 1.807) is 4.52 Å². The Kier molecular flexibility index (Phi) is 6.34. The minimum absolute atomic E-state index is 0.236. The summed E-state index contributed by atoms with van der Waals surface area (Å²) in [6, 6.07) is 16.6. The molecule has 206 valence electrons. The zero-order valence-corrected chi connectivity index (χ0v) is 23.5. The highest BCUT2D eigenvalue weighted by Gasteiger charge is 2.34. The van der Waals surface area contributed by atoms with Crippen molar-refractivity contribution in [1.82, 2.24) is 24.4 Å². The summed E-state index contributed by atoms with van der Waals surface area (Å²) in [7, 11) is 3.37. The highest BCUT2D eigenvalue weighted by atomic mass is 16.5. The second-order valence-electron chi connectivity index (χ2n) is 11.5. The highest BCUT2D eigenvalue weighted by Crippen LogP contribution is 2.38. The number of carboxylic acids is 1. The predicted octanol–water partition coefficient (Wildman–Crippen LogP) is 5.66. The number of hydrogen-bond donors (Lipinski definition) is 1. The maximum Gasteiger partial charge on any atom is 0.337 e. The molecule has 0 spiro atoms. The molecule has 2 aromatic carbocycles. The van der Waals surface area contributed by atoms with Gasteiger partial charge in [0, 0.05) is 50.0 Å². The number of fused-ring (bicyclic) bond motifs is 2. The quantitative estimate of drug-likeness (QED) is 0.298. The van der Waals surface area contributed by atoms with Crippen LogP contribution in [0, 0.1) is 12.3 Å². The van der Waals surface area contributed by atoms with Crippen molar-refractivity contribution in [2.24, 2.45) is 12.5 Å². The summed E-state index contributed by atoms with van der Waals surface area (Å²) in [6.45, 7) is 8.01. The van der Waals surface area contributed by atoms with Crippen molar-refractivity contribution < 1.29 is 14.6 Å². The molecule has 0 saturated carbocycles. The molecule has 3 aromatic heterocycles. The number of aryl methyl sites for hydroxylation is 2. The van der Waals surface area contributed by atoms with E-state index < -0.39 is 12.1 Å². The minimum Gasteiger partial charge on any atom is -0.479 e. The largest absolute Gasteiger partial charge is 0.479 e. The third-order valence-corrected chi connectivity index (χ3v) is 8.18. The van der Waals surface area contributed by atoms with Gasteiger partial charge in [-0.25, -0.2) is 9.78 Å². The molecule has 9 heteroatoms. The van der Waals surface area contributed by atoms with E-state index in [1.165, 1.54) is 7.11 Å². The Labute approximate surface area is 233 Å². The van der Waals surface area contributed by atoms with Crippen molar-refractivity contribution >= 4 is 28.3 Å². The molecule has 5 aromatic rings. The minimum atomic E-state index is -1.14. The van der Waals surface area contributed by atoms with E-state index in [2.05, 4.69) is 54.2 Å². The highest BCUT2D eigenvalue weighted by molar-refractivity contribution is 5.85. The fourth-order valence-corrected chi connectivity index (χ4v) is 5.71. The lowest BCUT2D eigenvalue weighted by molar-refractivity contribution is -0.148. The molecular weight excluding hydrogens is 504 g/mol. The molecule has 1 fully saturated rings. The monoisotopic (exact) mass is 538 g/mol. The molecule has 0 unspecified atom stereocenters. The zero-order valence-electron chi connectivity index (χ0n) is 23.5. The van der Waals surface area contributed by atoms with Crippen molar-refractivity contribution in [2.45, 2.75) is 39.7 Å². The average molecular weight is 539 g/mol. The van der Waals surface area contributed by atoms with Crippen LogP contribution in [-0.2, 0) is 16.6 Å². The van der Waals surface area contributed by atoms with Crippen LogP contribution in [0.1, 0.15) is 44.1 Å². The van der Waals surface area contributed by atoms with Gasteiger partial charge < -0.3 is 14.7 Å². The van der Waals surface area contributed by atoms with Gasteiger partial charge in [0.05, 0.1) is 23.0 Å². The molecule has 1 atom stereocenters. The molecule has 0 bridgehead atoms. The number of hydrogen-bond acceptors (Lipinski definition) is 6. The van der Waals surface area contributed by atoms with Crippen molar-refractivity contribution in [3.63, 3.8) is 0 Å². The summed E-state index contributed by atoms with van der Waals surface area (Å²) >= 11 is 0. The van der Waals surface area contributed by atoms with Crippen molar-refractivity contribution in [1.29, 1.82) is 0 Å². The molecule has 40 heavy (non-hydrogen) atoms. The molecule has 1 aliphatic rings. The summed E-state index contributed by atoms with van der Waals surface area (Å²) in [5.74, 6) is -0.299. The predicted molar refractivity (Wildman–Crippen MR) is 155 cm³/mol. The number of ether oxygens (including phenoxy) is 1. The summed E-state index contributed by atoms with van der Waals surface area (Å²) in [6.07, 6.45) is 2.73. The second-order valence-corrected chi connectivity index (χ2v) is 11.5. The first-order valence-corrected chi connectivity index (χ1v) is 13.6. The molecule has 9 nitrogen and oxygen atoms in total. The Morgan fingerprint density at radius 2 is 1.77 bits per heavy atom. The first-order valence-electron chi connectivity index (χ1n) is 13.6. The number of rotatable bonds is 6. The number of carboxylic acid groups (broad SMARTS) is 1. The van der Waals surface area contributed by atoms with E-state index in [4.69, 9.17) is 14.8 Å². The normalized spacial score (nSPS) is 16.1. The first kappa shape index (κ1) is 26.0. The SMILES string of the molecule is CO[C@H](C(=O)O)c1c(C)nc2cc(-c3cccc(-c4ccc5cnn(C)c5c4)c3)nn2c1N1CCC(C)(C)CC1. The Hall–Kier alpha value is -4.24. The second kappa shape index (κ2) is 9.75. The summed E-state index contributed by atoms with van der Waals surface area (Å²) in [5.41, 5.74) is 7.07. The van der Waals surface area contributed by atoms with Crippen molar-refractivity contribution in [3.8, 4) is 22.4 Å². The van der Waals surface area contributed by atoms with Crippen LogP contribution in [0.25, 0.3) is 38.9 Å². The van der Waals surface area contributed by atoms with Gasteiger partial charge in [-0.15, -0.1) is 0 Å². The number of carbonyl (C=O) groups is 1. The van der Waals surface area contributed by atoms with Gasteiger partial charge in [-0.2, -0.15) is 14.7 Å². The van der Waals surface area contributed by atoms with Crippen LogP contribution in [0.3, 0.4) is 0 Å². The van der Waals surface area contributed by atoms with Gasteiger partial charge in [0.1, 0.15) is 5.82 Å². The first-order chi connectivity index (χ1) is 19.1. The van der Waals surface area contributed by atoms with Gasteiger partial charge >= 0.3 is 5.97 Å². The van der Waals surface area contributed by atoms with Crippen LogP contribution >= 0.6 is 0 Å². The Bertz CT molecular complexity index is 1740. The topological polar surface area (TPSA) is 97.8 Å². The maximum atomic E-state index is 12.2. The van der Waals surface area contributed by atoms with Crippen LogP contribution in [0.5, 0.6) is 0 Å². The molecule has 0 aliphatic carbocycles. The standard InChI is InChI=1S/C31H34N6O3/c1-19-27(28(40-5)30(38)39)29(36-13-11-31(2,3)12-14-36)37-26(33-19)17-24(34-37)22-8-6-7-20(15-22)21-9-10-23-18-32-35(4)25(23)16-21/h6-10,15-18,28H,11-14H2,1-5H3,(H,38,39)/t28-/m0/s1. The maximum absolute atomic E-state index is 12.2. The van der Waals surface area contributed by atoms with Gasteiger partial charge in [-0.3, -0.25) is 4.68 Å². The number of piperidine rings is 1. The molecule has 1 N–H and O–H groups in total. The van der Waals surface area contributed by atoms with Crippen LogP contribution in [0.15, 0.2) is 54.7 Å². The molecule has 0 amide bonds. The fourth-order valence-electron chi connectivity index (χ4n) is 5.71. The molecule has 6 rings (SSSR count). The Balaban J connectivity index is 1.48. The molecular formula is C31H34N6O3. The molecule has 1 saturated heterocycles. The van der Waals surface area contributed by atoms with Gasteiger partial charge in [-0.05, 0) is 48.4 Å². The number of benzene rings is 2. The lowest BCUT2D eigenvalue weighted by atomic mass is 9.82. The lowest BCUT2D eigenvalue weighted by Crippen LogP contribution is -2.39. The summed E-state index contributed by atoms with van der Waals surface area (Å²) in [4.78, 5) is 19.3. The van der Waals surface area contributed by atoms with Crippen molar-refractivity contribution in [3.05, 3.63) is 66.0 Å². The Morgan fingerprint density at radius 1 is 1.05 bits per heavy atom. The van der Waals surface area contributed by atoms with Gasteiger partial charge in [0.15, 0.2) is 11.8 Å². The van der Waals surface area contributed by atoms with Gasteiger partial charge in [-0.1, -0.05) is 44.2 Å². The van der Waals surface area contributed by atoms with Crippen LogP contribution in [0.2, 0.25) is 0 Å². The fraction of sp³-hybridized carbons (Fsp3) is 0.355. The number of nitrogens with zero attached hydrogens (tertiary/aromatic N) is 6. The van der Waals surface area contributed by atoms with E-state index in [1.807, 2.05) is 43.0 Å². The Morgan fingerprint density at radius 3 is 2.50 bits per heavy atom. The third-order valence-electron chi connectivity index (χ3n) is 8.18. The lowest BCUT2D eigenvalue weighted by Gasteiger charge is -2.39. The van der Waals surface area contributed by atoms with E-state index in [9.17, 15) is 9.90 Å². The number of methoxy groups -OCH3 is 1. The zero-order chi connectivity index (χ0) is 28.2.